The number of carbonyl (C=O) groups excluding carboxylic acids is 2. The summed E-state index contributed by atoms with van der Waals surface area (Å²) < 4.78 is 0. The zero-order chi connectivity index (χ0) is 31.2. The van der Waals surface area contributed by atoms with E-state index in [1.165, 1.54) is 141 Å². The molecule has 0 amide bonds. The third kappa shape index (κ3) is 21.9. The van der Waals surface area contributed by atoms with Crippen LogP contribution in [-0.2, 0) is 9.59 Å². The van der Waals surface area contributed by atoms with Crippen LogP contribution in [0.25, 0.3) is 0 Å². The van der Waals surface area contributed by atoms with Gasteiger partial charge in [0.25, 0.3) is 0 Å². The lowest BCUT2D eigenvalue weighted by Gasteiger charge is -2.33. The summed E-state index contributed by atoms with van der Waals surface area (Å²) in [5.41, 5.74) is -1.22. The molecular formula is C38H75NO3. The first-order valence-corrected chi connectivity index (χ1v) is 19.0. The summed E-state index contributed by atoms with van der Waals surface area (Å²) in [7, 11) is 0. The zero-order valence-corrected chi connectivity index (χ0v) is 29.1. The second kappa shape index (κ2) is 30.3. The molecule has 2 N–H and O–H groups in total. The van der Waals surface area contributed by atoms with Crippen LogP contribution >= 0.6 is 0 Å². The molecule has 0 aromatic heterocycles. The smallest absolute Gasteiger partial charge is 0.160 e. The van der Waals surface area contributed by atoms with Gasteiger partial charge in [-0.1, -0.05) is 182 Å². The van der Waals surface area contributed by atoms with E-state index in [4.69, 9.17) is 0 Å². The number of nitrogens with one attached hydrogen (secondary N) is 1. The highest BCUT2D eigenvalue weighted by molar-refractivity contribution is 6.11. The highest BCUT2D eigenvalue weighted by atomic mass is 16.3. The van der Waals surface area contributed by atoms with Crippen LogP contribution in [0.2, 0.25) is 0 Å². The van der Waals surface area contributed by atoms with Crippen LogP contribution in [-0.4, -0.2) is 28.4 Å². The van der Waals surface area contributed by atoms with Gasteiger partial charge < -0.3 is 5.11 Å². The van der Waals surface area contributed by atoms with Crippen LogP contribution < -0.4 is 5.32 Å². The molecule has 1 unspecified atom stereocenters. The Morgan fingerprint density at radius 1 is 0.476 bits per heavy atom. The number of rotatable bonds is 34. The Morgan fingerprint density at radius 3 is 0.976 bits per heavy atom. The molecule has 0 saturated heterocycles. The van der Waals surface area contributed by atoms with Gasteiger partial charge >= 0.3 is 0 Å². The molecule has 0 aliphatic rings. The van der Waals surface area contributed by atoms with Gasteiger partial charge in [-0.3, -0.25) is 14.9 Å². The number of Topliss-reactive ketones (excluding diaryl/α,β-unsaturated/α-hetero) is 2. The standard InChI is InChI=1S/C38H75NO3/c1-5-9-11-13-15-17-19-21-23-25-27-29-31-33-35(40)38(8-4,39-37(42)7-3)36(41)34-32-30-28-26-24-22-20-18-16-14-12-10-6-2/h37,39,42H,5-34H2,1-4H3. The summed E-state index contributed by atoms with van der Waals surface area (Å²) in [6.45, 7) is 8.33. The minimum absolute atomic E-state index is 0.0136. The fourth-order valence-corrected chi connectivity index (χ4v) is 6.23. The molecule has 4 heteroatoms. The van der Waals surface area contributed by atoms with Gasteiger partial charge in [0.2, 0.25) is 0 Å². The first kappa shape index (κ1) is 41.3. The maximum Gasteiger partial charge on any atom is 0.160 e. The predicted octanol–water partition coefficient (Wildman–Crippen LogP) is 11.6. The molecule has 0 radical (unpaired) electrons. The number of unbranched alkanes of at least 4 members (excludes halogenated alkanes) is 24. The molecule has 0 spiro atoms. The van der Waals surface area contributed by atoms with Crippen molar-refractivity contribution in [2.75, 3.05) is 0 Å². The fraction of sp³-hybridized carbons (Fsp3) is 0.947. The monoisotopic (exact) mass is 594 g/mol. The zero-order valence-electron chi connectivity index (χ0n) is 29.1. The van der Waals surface area contributed by atoms with Gasteiger partial charge in [-0.2, -0.15) is 0 Å². The molecule has 0 bridgehead atoms. The Bertz CT molecular complexity index is 563. The maximum absolute atomic E-state index is 13.4. The summed E-state index contributed by atoms with van der Waals surface area (Å²) in [5.74, 6) is -0.0273. The van der Waals surface area contributed by atoms with E-state index >= 15 is 0 Å². The Hall–Kier alpha value is -0.740. The van der Waals surface area contributed by atoms with Crippen LogP contribution in [0.5, 0.6) is 0 Å². The molecule has 0 aliphatic heterocycles. The van der Waals surface area contributed by atoms with Crippen LogP contribution in [0, 0.1) is 0 Å². The van der Waals surface area contributed by atoms with Crippen molar-refractivity contribution in [3.63, 3.8) is 0 Å². The lowest BCUT2D eigenvalue weighted by Crippen LogP contribution is -2.60. The molecule has 1 atom stereocenters. The molecule has 42 heavy (non-hydrogen) atoms. The molecule has 0 aromatic carbocycles. The van der Waals surface area contributed by atoms with Gasteiger partial charge in [-0.25, -0.2) is 0 Å². The van der Waals surface area contributed by atoms with E-state index in [2.05, 4.69) is 19.2 Å². The summed E-state index contributed by atoms with van der Waals surface area (Å²) in [4.78, 5) is 26.9. The molecule has 0 aliphatic carbocycles. The summed E-state index contributed by atoms with van der Waals surface area (Å²) in [5, 5.41) is 13.5. The number of hydrogen-bond donors (Lipinski definition) is 2. The largest absolute Gasteiger partial charge is 0.379 e. The predicted molar refractivity (Wildman–Crippen MR) is 183 cm³/mol. The maximum atomic E-state index is 13.4. The minimum Gasteiger partial charge on any atom is -0.379 e. The van der Waals surface area contributed by atoms with E-state index in [0.717, 1.165) is 25.7 Å². The Kier molecular flexibility index (Phi) is 29.8. The van der Waals surface area contributed by atoms with E-state index < -0.39 is 11.8 Å². The summed E-state index contributed by atoms with van der Waals surface area (Å²) in [6, 6.07) is 0. The lowest BCUT2D eigenvalue weighted by molar-refractivity contribution is -0.139. The quantitative estimate of drug-likeness (QED) is 0.0442. The van der Waals surface area contributed by atoms with Gasteiger partial charge in [-0.05, 0) is 25.7 Å². The number of hydrogen-bond acceptors (Lipinski definition) is 4. The Morgan fingerprint density at radius 2 is 0.738 bits per heavy atom. The molecule has 0 fully saturated rings. The molecule has 0 heterocycles. The average molecular weight is 594 g/mol. The molecule has 0 rings (SSSR count). The molecule has 4 nitrogen and oxygen atoms in total. The molecule has 250 valence electrons. The van der Waals surface area contributed by atoms with Gasteiger partial charge in [0.15, 0.2) is 11.6 Å². The Balaban J connectivity index is 4.23. The summed E-state index contributed by atoms with van der Waals surface area (Å²) >= 11 is 0. The number of carbonyl (C=O) groups is 2. The average Bonchev–Trinajstić information content (AvgIpc) is 3.00. The molecule has 0 saturated carbocycles. The number of aliphatic hydroxyl groups is 1. The van der Waals surface area contributed by atoms with Crippen LogP contribution in [0.15, 0.2) is 0 Å². The minimum atomic E-state index is -1.22. The lowest BCUT2D eigenvalue weighted by atomic mass is 9.81. The highest BCUT2D eigenvalue weighted by Gasteiger charge is 2.43. The van der Waals surface area contributed by atoms with Crippen molar-refractivity contribution >= 4 is 11.6 Å². The Labute approximate surface area is 263 Å². The number of aliphatic hydroxyl groups excluding tert-OH is 1. The van der Waals surface area contributed by atoms with Crippen molar-refractivity contribution in [1.29, 1.82) is 0 Å². The second-order valence-electron chi connectivity index (χ2n) is 13.2. The van der Waals surface area contributed by atoms with Crippen molar-refractivity contribution in [2.45, 2.75) is 232 Å². The molecule has 0 aromatic rings. The van der Waals surface area contributed by atoms with Crippen LogP contribution in [0.4, 0.5) is 0 Å². The number of ketones is 2. The van der Waals surface area contributed by atoms with E-state index in [-0.39, 0.29) is 11.6 Å². The SMILES string of the molecule is CCCCCCCCCCCCCCCC(=O)C(CC)(NC(O)CC)C(=O)CCCCCCCCCCCCCCC. The summed E-state index contributed by atoms with van der Waals surface area (Å²) in [6.07, 6.45) is 34.0. The van der Waals surface area contributed by atoms with Gasteiger partial charge in [0.1, 0.15) is 11.8 Å². The van der Waals surface area contributed by atoms with Gasteiger partial charge in [0.05, 0.1) is 0 Å². The fourth-order valence-electron chi connectivity index (χ4n) is 6.23. The van der Waals surface area contributed by atoms with E-state index in [0.29, 0.717) is 25.7 Å². The molecular weight excluding hydrogens is 518 g/mol. The third-order valence-corrected chi connectivity index (χ3v) is 9.30. The van der Waals surface area contributed by atoms with Crippen molar-refractivity contribution in [3.05, 3.63) is 0 Å². The van der Waals surface area contributed by atoms with Crippen molar-refractivity contribution < 1.29 is 14.7 Å². The van der Waals surface area contributed by atoms with E-state index in [1.807, 2.05) is 13.8 Å². The topological polar surface area (TPSA) is 66.4 Å². The van der Waals surface area contributed by atoms with Gasteiger partial charge in [-0.15, -0.1) is 0 Å². The first-order chi connectivity index (χ1) is 20.5. The van der Waals surface area contributed by atoms with Gasteiger partial charge in [0, 0.05) is 12.8 Å². The van der Waals surface area contributed by atoms with Crippen LogP contribution in [0.3, 0.4) is 0 Å². The third-order valence-electron chi connectivity index (χ3n) is 9.30. The van der Waals surface area contributed by atoms with Crippen molar-refractivity contribution in [3.8, 4) is 0 Å². The normalized spacial score (nSPS) is 12.6. The highest BCUT2D eigenvalue weighted by Crippen LogP contribution is 2.23. The second-order valence-corrected chi connectivity index (χ2v) is 13.2. The first-order valence-electron chi connectivity index (χ1n) is 19.0. The van der Waals surface area contributed by atoms with Crippen molar-refractivity contribution in [1.82, 2.24) is 5.32 Å². The van der Waals surface area contributed by atoms with Crippen LogP contribution in [0.1, 0.15) is 220 Å². The van der Waals surface area contributed by atoms with E-state index in [9.17, 15) is 14.7 Å². The van der Waals surface area contributed by atoms with Crippen molar-refractivity contribution in [2.24, 2.45) is 0 Å². The van der Waals surface area contributed by atoms with E-state index in [1.54, 1.807) is 0 Å².